The van der Waals surface area contributed by atoms with Crippen molar-refractivity contribution in [1.29, 1.82) is 0 Å². The largest absolute Gasteiger partial charge is 0.322 e. The van der Waals surface area contributed by atoms with E-state index >= 15 is 0 Å². The number of alkyl halides is 1. The molecule has 1 amide bonds. The summed E-state index contributed by atoms with van der Waals surface area (Å²) in [7, 11) is 2.16. The Morgan fingerprint density at radius 3 is 2.48 bits per heavy atom. The zero-order chi connectivity index (χ0) is 29.5. The lowest BCUT2D eigenvalue weighted by Gasteiger charge is -2.32. The van der Waals surface area contributed by atoms with Gasteiger partial charge in [0.2, 0.25) is 5.95 Å². The number of amides is 1. The lowest BCUT2D eigenvalue weighted by molar-refractivity contribution is 0.102. The number of anilines is 3. The van der Waals surface area contributed by atoms with E-state index in [9.17, 15) is 9.18 Å². The molecule has 0 spiro atoms. The Hall–Kier alpha value is -4.59. The van der Waals surface area contributed by atoms with Crippen molar-refractivity contribution < 1.29 is 9.18 Å². The van der Waals surface area contributed by atoms with Crippen LogP contribution in [0.1, 0.15) is 38.2 Å². The van der Waals surface area contributed by atoms with E-state index in [-0.39, 0.29) is 12.5 Å². The molecule has 1 saturated heterocycles. The highest BCUT2D eigenvalue weighted by Gasteiger charge is 2.15. The molecule has 0 saturated carbocycles. The van der Waals surface area contributed by atoms with Gasteiger partial charge in [0.1, 0.15) is 6.67 Å². The number of aryl methyl sites for hydroxylation is 3. The molecule has 216 valence electrons. The molecular formula is C32H35FN8O. The lowest BCUT2D eigenvalue weighted by Crippen LogP contribution is -2.43. The van der Waals surface area contributed by atoms with Crippen LogP contribution in [0.15, 0.2) is 61.2 Å². The Bertz CT molecular complexity index is 1600. The molecule has 0 atom stereocenters. The molecule has 9 nitrogen and oxygen atoms in total. The van der Waals surface area contributed by atoms with Gasteiger partial charge in [-0.1, -0.05) is 24.0 Å². The summed E-state index contributed by atoms with van der Waals surface area (Å²) in [4.78, 5) is 26.5. The number of nitrogens with one attached hydrogen (secondary N) is 2. The highest BCUT2D eigenvalue weighted by Crippen LogP contribution is 2.19. The maximum Gasteiger partial charge on any atom is 0.255 e. The Balaban J connectivity index is 1.21. The van der Waals surface area contributed by atoms with Gasteiger partial charge in [0.05, 0.1) is 24.0 Å². The summed E-state index contributed by atoms with van der Waals surface area (Å²) in [5.41, 5.74) is 6.78. The molecule has 1 fully saturated rings. The summed E-state index contributed by atoms with van der Waals surface area (Å²) in [5, 5.41) is 10.1. The minimum atomic E-state index is -0.483. The van der Waals surface area contributed by atoms with E-state index in [1.165, 1.54) is 10.2 Å². The molecule has 1 aliphatic rings. The van der Waals surface area contributed by atoms with Gasteiger partial charge in [-0.15, -0.1) is 0 Å². The van der Waals surface area contributed by atoms with Crippen molar-refractivity contribution in [2.45, 2.75) is 26.9 Å². The minimum absolute atomic E-state index is 0.183. The standard InChI is InChI=1S/C32H35FN8O/c1-23-4-6-27(31(42)37-29-9-8-28(24(2)16-29)21-40-14-12-39(3)13-15-40)17-26(23)7-5-25-18-34-32(35-19-25)38-30-20-36-41(22-30)11-10-33/h4,6,8-9,16-20,22H,10-15,21H2,1-3H3,(H,37,42)(H,34,35,38). The summed E-state index contributed by atoms with van der Waals surface area (Å²) in [6, 6.07) is 11.6. The fourth-order valence-corrected chi connectivity index (χ4v) is 4.66. The fraction of sp³-hybridized carbons (Fsp3) is 0.312. The van der Waals surface area contributed by atoms with Gasteiger partial charge in [-0.2, -0.15) is 5.10 Å². The van der Waals surface area contributed by atoms with Crippen LogP contribution in [-0.4, -0.2) is 75.4 Å². The first-order valence-corrected chi connectivity index (χ1v) is 14.0. The number of carbonyl (C=O) groups excluding carboxylic acids is 1. The highest BCUT2D eigenvalue weighted by atomic mass is 19.1. The van der Waals surface area contributed by atoms with Crippen molar-refractivity contribution in [3.05, 3.63) is 94.6 Å². The predicted molar refractivity (Wildman–Crippen MR) is 163 cm³/mol. The van der Waals surface area contributed by atoms with E-state index in [1.807, 2.05) is 31.2 Å². The number of hydrogen-bond donors (Lipinski definition) is 2. The van der Waals surface area contributed by atoms with Crippen molar-refractivity contribution in [3.63, 3.8) is 0 Å². The summed E-state index contributed by atoms with van der Waals surface area (Å²) < 4.78 is 14.0. The van der Waals surface area contributed by atoms with E-state index < -0.39 is 6.67 Å². The molecular weight excluding hydrogens is 531 g/mol. The maximum absolute atomic E-state index is 13.1. The molecule has 4 aromatic rings. The maximum atomic E-state index is 13.1. The molecule has 3 heterocycles. The summed E-state index contributed by atoms with van der Waals surface area (Å²) in [6.45, 7) is 9.00. The Morgan fingerprint density at radius 1 is 0.952 bits per heavy atom. The summed E-state index contributed by atoms with van der Waals surface area (Å²) in [5.74, 6) is 6.43. The average Bonchev–Trinajstić information content (AvgIpc) is 3.42. The molecule has 42 heavy (non-hydrogen) atoms. The number of hydrogen-bond acceptors (Lipinski definition) is 7. The Morgan fingerprint density at radius 2 is 1.74 bits per heavy atom. The third-order valence-electron chi connectivity index (χ3n) is 7.29. The normalized spacial score (nSPS) is 13.8. The summed E-state index contributed by atoms with van der Waals surface area (Å²) in [6.07, 6.45) is 6.52. The van der Waals surface area contributed by atoms with Crippen LogP contribution in [0.2, 0.25) is 0 Å². The number of benzene rings is 2. The van der Waals surface area contributed by atoms with E-state index in [1.54, 1.807) is 30.9 Å². The minimum Gasteiger partial charge on any atom is -0.322 e. The van der Waals surface area contributed by atoms with E-state index in [2.05, 4.69) is 67.4 Å². The van der Waals surface area contributed by atoms with Crippen LogP contribution in [0.3, 0.4) is 0 Å². The average molecular weight is 567 g/mol. The first-order valence-electron chi connectivity index (χ1n) is 14.0. The number of aromatic nitrogens is 4. The van der Waals surface area contributed by atoms with Crippen molar-refractivity contribution in [2.75, 3.05) is 50.5 Å². The quantitative estimate of drug-likeness (QED) is 0.306. The van der Waals surface area contributed by atoms with Gasteiger partial charge in [0, 0.05) is 68.1 Å². The van der Waals surface area contributed by atoms with Crippen LogP contribution in [0.4, 0.5) is 21.7 Å². The Labute approximate surface area is 245 Å². The number of rotatable bonds is 8. The first kappa shape index (κ1) is 28.9. The van der Waals surface area contributed by atoms with Gasteiger partial charge in [0.15, 0.2) is 0 Å². The molecule has 2 aromatic carbocycles. The van der Waals surface area contributed by atoms with Crippen LogP contribution >= 0.6 is 0 Å². The topological polar surface area (TPSA) is 91.2 Å². The van der Waals surface area contributed by atoms with Gasteiger partial charge in [0.25, 0.3) is 5.91 Å². The van der Waals surface area contributed by atoms with Gasteiger partial charge in [-0.25, -0.2) is 14.4 Å². The third kappa shape index (κ3) is 7.57. The smallest absolute Gasteiger partial charge is 0.255 e. The number of likely N-dealkylation sites (N-methyl/N-ethyl adjacent to an activating group) is 1. The van der Waals surface area contributed by atoms with Crippen molar-refractivity contribution in [1.82, 2.24) is 29.5 Å². The van der Waals surface area contributed by atoms with Crippen LogP contribution in [-0.2, 0) is 13.1 Å². The molecule has 0 radical (unpaired) electrons. The molecule has 0 aliphatic carbocycles. The zero-order valence-corrected chi connectivity index (χ0v) is 24.2. The second-order valence-electron chi connectivity index (χ2n) is 10.6. The molecule has 0 bridgehead atoms. The molecule has 0 unspecified atom stereocenters. The van der Waals surface area contributed by atoms with E-state index in [4.69, 9.17) is 0 Å². The molecule has 2 aromatic heterocycles. The Kier molecular flexibility index (Phi) is 9.21. The second-order valence-corrected chi connectivity index (χ2v) is 10.6. The van der Waals surface area contributed by atoms with Crippen LogP contribution in [0.25, 0.3) is 0 Å². The van der Waals surface area contributed by atoms with Crippen LogP contribution < -0.4 is 10.6 Å². The molecule has 10 heteroatoms. The van der Waals surface area contributed by atoms with Gasteiger partial charge >= 0.3 is 0 Å². The number of halogens is 1. The zero-order valence-electron chi connectivity index (χ0n) is 24.2. The predicted octanol–water partition coefficient (Wildman–Crippen LogP) is 4.40. The lowest BCUT2D eigenvalue weighted by atomic mass is 10.0. The molecule has 5 rings (SSSR count). The monoisotopic (exact) mass is 566 g/mol. The van der Waals surface area contributed by atoms with Gasteiger partial charge in [-0.3, -0.25) is 14.4 Å². The van der Waals surface area contributed by atoms with Crippen molar-refractivity contribution in [2.24, 2.45) is 0 Å². The van der Waals surface area contributed by atoms with Gasteiger partial charge < -0.3 is 15.5 Å². The van der Waals surface area contributed by atoms with Crippen molar-refractivity contribution >= 4 is 23.2 Å². The van der Waals surface area contributed by atoms with Gasteiger partial charge in [-0.05, 0) is 61.9 Å². The van der Waals surface area contributed by atoms with E-state index in [0.717, 1.165) is 55.1 Å². The van der Waals surface area contributed by atoms with Crippen LogP contribution in [0, 0.1) is 25.7 Å². The fourth-order valence-electron chi connectivity index (χ4n) is 4.66. The first-order chi connectivity index (χ1) is 20.4. The number of piperazine rings is 1. The third-order valence-corrected chi connectivity index (χ3v) is 7.29. The van der Waals surface area contributed by atoms with Crippen LogP contribution in [0.5, 0.6) is 0 Å². The summed E-state index contributed by atoms with van der Waals surface area (Å²) >= 11 is 0. The number of nitrogens with zero attached hydrogens (tertiary/aromatic N) is 6. The highest BCUT2D eigenvalue weighted by molar-refractivity contribution is 6.04. The molecule has 2 N–H and O–H groups in total. The SMILES string of the molecule is Cc1ccc(C(=O)Nc2ccc(CN3CCN(C)CC3)c(C)c2)cc1C#Cc1cnc(Nc2cnn(CCF)c2)nc1. The second kappa shape index (κ2) is 13.4. The van der Waals surface area contributed by atoms with Crippen molar-refractivity contribution in [3.8, 4) is 11.8 Å². The number of carbonyl (C=O) groups is 1. The molecule has 1 aliphatic heterocycles. The van der Waals surface area contributed by atoms with E-state index in [0.29, 0.717) is 22.8 Å².